The van der Waals surface area contributed by atoms with Crippen LogP contribution in [0.1, 0.15) is 18.5 Å². The monoisotopic (exact) mass is 216 g/mol. The van der Waals surface area contributed by atoms with Gasteiger partial charge in [0.1, 0.15) is 11.8 Å². The lowest BCUT2D eigenvalue weighted by atomic mass is 10.1. The van der Waals surface area contributed by atoms with Gasteiger partial charge in [-0.25, -0.2) is 14.2 Å². The molecule has 0 amide bonds. The van der Waals surface area contributed by atoms with Crippen LogP contribution >= 0.6 is 0 Å². The minimum absolute atomic E-state index is 0.415. The van der Waals surface area contributed by atoms with Gasteiger partial charge < -0.3 is 4.74 Å². The van der Waals surface area contributed by atoms with Crippen LogP contribution in [0.25, 0.3) is 0 Å². The van der Waals surface area contributed by atoms with Crippen molar-refractivity contribution in [2.75, 3.05) is 6.61 Å². The fourth-order valence-electron chi connectivity index (χ4n) is 1.28. The molecule has 0 saturated heterocycles. The van der Waals surface area contributed by atoms with Crippen LogP contribution in [0.4, 0.5) is 8.78 Å². The van der Waals surface area contributed by atoms with E-state index in [4.69, 9.17) is 10.6 Å². The van der Waals surface area contributed by atoms with Crippen LogP contribution in [-0.4, -0.2) is 13.0 Å². The number of hydrogen-bond donors (Lipinski definition) is 2. The first-order valence-corrected chi connectivity index (χ1v) is 4.66. The van der Waals surface area contributed by atoms with Crippen molar-refractivity contribution >= 4 is 0 Å². The fraction of sp³-hybridized carbons (Fsp3) is 0.400. The molecule has 0 aliphatic rings. The van der Waals surface area contributed by atoms with E-state index >= 15 is 0 Å². The van der Waals surface area contributed by atoms with Crippen LogP contribution in [0.2, 0.25) is 0 Å². The average molecular weight is 216 g/mol. The van der Waals surface area contributed by atoms with Gasteiger partial charge in [0.05, 0.1) is 6.61 Å². The molecule has 3 nitrogen and oxygen atoms in total. The van der Waals surface area contributed by atoms with Crippen molar-refractivity contribution in [2.24, 2.45) is 5.84 Å². The van der Waals surface area contributed by atoms with Crippen LogP contribution in [-0.2, 0) is 0 Å². The lowest BCUT2D eigenvalue weighted by Crippen LogP contribution is -2.32. The van der Waals surface area contributed by atoms with Gasteiger partial charge in [0.15, 0.2) is 0 Å². The fourth-order valence-corrected chi connectivity index (χ4v) is 1.28. The number of hydrogen-bond acceptors (Lipinski definition) is 3. The van der Waals surface area contributed by atoms with Crippen molar-refractivity contribution in [1.29, 1.82) is 0 Å². The van der Waals surface area contributed by atoms with Gasteiger partial charge in [0, 0.05) is 0 Å². The highest BCUT2D eigenvalue weighted by atomic mass is 19.3. The molecule has 1 atom stereocenters. The molecule has 0 aliphatic carbocycles. The number of nitrogens with two attached hydrogens (primary N) is 1. The molecule has 15 heavy (non-hydrogen) atoms. The SMILES string of the molecule is CCOc1cccc(C(NN)C(F)F)c1. The Morgan fingerprint density at radius 1 is 1.47 bits per heavy atom. The predicted molar refractivity (Wildman–Crippen MR) is 53.7 cm³/mol. The first-order chi connectivity index (χ1) is 7.19. The summed E-state index contributed by atoms with van der Waals surface area (Å²) in [6.07, 6.45) is -2.55. The summed E-state index contributed by atoms with van der Waals surface area (Å²) < 4.78 is 30.2. The Labute approximate surface area is 87.2 Å². The van der Waals surface area contributed by atoms with Gasteiger partial charge in [-0.1, -0.05) is 12.1 Å². The topological polar surface area (TPSA) is 47.3 Å². The molecule has 0 aromatic heterocycles. The number of hydrazine groups is 1. The Morgan fingerprint density at radius 3 is 2.73 bits per heavy atom. The average Bonchev–Trinajstić information content (AvgIpc) is 2.19. The minimum atomic E-state index is -2.55. The van der Waals surface area contributed by atoms with E-state index in [0.717, 1.165) is 0 Å². The largest absolute Gasteiger partial charge is 0.494 e. The molecular formula is C10H14F2N2O. The number of ether oxygens (including phenoxy) is 1. The summed E-state index contributed by atoms with van der Waals surface area (Å²) in [4.78, 5) is 0. The number of alkyl halides is 2. The molecule has 3 N–H and O–H groups in total. The molecule has 1 aromatic rings. The van der Waals surface area contributed by atoms with E-state index in [1.165, 1.54) is 0 Å². The molecule has 0 bridgehead atoms. The first kappa shape index (κ1) is 11.9. The van der Waals surface area contributed by atoms with Crippen molar-refractivity contribution in [3.05, 3.63) is 29.8 Å². The molecule has 84 valence electrons. The van der Waals surface area contributed by atoms with Gasteiger partial charge in [0.25, 0.3) is 6.43 Å². The summed E-state index contributed by atoms with van der Waals surface area (Å²) in [6, 6.07) is 5.35. The third kappa shape index (κ3) is 3.14. The molecule has 1 rings (SSSR count). The smallest absolute Gasteiger partial charge is 0.259 e. The molecule has 0 spiro atoms. The lowest BCUT2D eigenvalue weighted by Gasteiger charge is -2.15. The summed E-state index contributed by atoms with van der Waals surface area (Å²) in [5, 5.41) is 0. The number of benzene rings is 1. The van der Waals surface area contributed by atoms with E-state index in [2.05, 4.69) is 5.43 Å². The summed E-state index contributed by atoms with van der Waals surface area (Å²) in [5.41, 5.74) is 2.50. The Balaban J connectivity index is 2.87. The molecular weight excluding hydrogens is 202 g/mol. The highest BCUT2D eigenvalue weighted by Gasteiger charge is 2.20. The van der Waals surface area contributed by atoms with Crippen molar-refractivity contribution in [2.45, 2.75) is 19.4 Å². The first-order valence-electron chi connectivity index (χ1n) is 4.66. The summed E-state index contributed by atoms with van der Waals surface area (Å²) in [7, 11) is 0. The van der Waals surface area contributed by atoms with Gasteiger partial charge in [-0.05, 0) is 24.6 Å². The number of halogens is 2. The van der Waals surface area contributed by atoms with E-state index in [9.17, 15) is 8.78 Å². The quantitative estimate of drug-likeness (QED) is 0.583. The van der Waals surface area contributed by atoms with E-state index < -0.39 is 12.5 Å². The second-order valence-electron chi connectivity index (χ2n) is 2.98. The molecule has 1 aromatic carbocycles. The second-order valence-corrected chi connectivity index (χ2v) is 2.98. The predicted octanol–water partition coefficient (Wildman–Crippen LogP) is 1.85. The van der Waals surface area contributed by atoms with Gasteiger partial charge in [-0.3, -0.25) is 5.84 Å². The Hall–Kier alpha value is -1.20. The maximum Gasteiger partial charge on any atom is 0.259 e. The van der Waals surface area contributed by atoms with Crippen molar-refractivity contribution in [3.63, 3.8) is 0 Å². The molecule has 0 saturated carbocycles. The third-order valence-electron chi connectivity index (χ3n) is 1.96. The molecule has 0 aliphatic heterocycles. The highest BCUT2D eigenvalue weighted by molar-refractivity contribution is 5.30. The van der Waals surface area contributed by atoms with Gasteiger partial charge in [0.2, 0.25) is 0 Å². The summed E-state index contributed by atoms with van der Waals surface area (Å²) >= 11 is 0. The zero-order valence-corrected chi connectivity index (χ0v) is 8.41. The second kappa shape index (κ2) is 5.63. The van der Waals surface area contributed by atoms with Gasteiger partial charge in [-0.15, -0.1) is 0 Å². The summed E-state index contributed by atoms with van der Waals surface area (Å²) in [5.74, 6) is 5.62. The van der Waals surface area contributed by atoms with Gasteiger partial charge in [-0.2, -0.15) is 0 Å². The Bertz CT molecular complexity index is 307. The van der Waals surface area contributed by atoms with Gasteiger partial charge >= 0.3 is 0 Å². The number of nitrogens with one attached hydrogen (secondary N) is 1. The standard InChI is InChI=1S/C10H14F2N2O/c1-2-15-8-5-3-4-7(6-8)9(14-13)10(11)12/h3-6,9-10,14H,2,13H2,1H3. The van der Waals surface area contributed by atoms with E-state index in [1.807, 2.05) is 6.92 Å². The Kier molecular flexibility index (Phi) is 4.45. The summed E-state index contributed by atoms with van der Waals surface area (Å²) in [6.45, 7) is 2.33. The molecule has 0 fully saturated rings. The zero-order chi connectivity index (χ0) is 11.3. The maximum atomic E-state index is 12.5. The van der Waals surface area contributed by atoms with Crippen LogP contribution in [0, 0.1) is 0 Å². The van der Waals surface area contributed by atoms with Crippen LogP contribution < -0.4 is 16.0 Å². The normalized spacial score (nSPS) is 12.9. The highest BCUT2D eigenvalue weighted by Crippen LogP contribution is 2.23. The minimum Gasteiger partial charge on any atom is -0.494 e. The van der Waals surface area contributed by atoms with Crippen molar-refractivity contribution in [3.8, 4) is 5.75 Å². The van der Waals surface area contributed by atoms with Crippen LogP contribution in [0.3, 0.4) is 0 Å². The van der Waals surface area contributed by atoms with Crippen molar-refractivity contribution in [1.82, 2.24) is 5.43 Å². The Morgan fingerprint density at radius 2 is 2.20 bits per heavy atom. The maximum absolute atomic E-state index is 12.5. The molecule has 0 radical (unpaired) electrons. The van der Waals surface area contributed by atoms with Crippen LogP contribution in [0.15, 0.2) is 24.3 Å². The van der Waals surface area contributed by atoms with E-state index in [-0.39, 0.29) is 0 Å². The molecule has 0 heterocycles. The van der Waals surface area contributed by atoms with Crippen molar-refractivity contribution < 1.29 is 13.5 Å². The van der Waals surface area contributed by atoms with E-state index in [0.29, 0.717) is 17.9 Å². The van der Waals surface area contributed by atoms with E-state index in [1.54, 1.807) is 24.3 Å². The lowest BCUT2D eigenvalue weighted by molar-refractivity contribution is 0.0985. The van der Waals surface area contributed by atoms with Crippen LogP contribution in [0.5, 0.6) is 5.75 Å². The molecule has 1 unspecified atom stereocenters. The number of rotatable bonds is 5. The molecule has 5 heteroatoms. The third-order valence-corrected chi connectivity index (χ3v) is 1.96. The zero-order valence-electron chi connectivity index (χ0n) is 8.41.